The molecule has 0 atom stereocenters. The first kappa shape index (κ1) is 27.0. The van der Waals surface area contributed by atoms with Crippen molar-refractivity contribution in [1.82, 2.24) is 5.32 Å². The molecule has 0 bridgehead atoms. The zero-order valence-corrected chi connectivity index (χ0v) is 22.5. The molecular weight excluding hydrogens is 500 g/mol. The van der Waals surface area contributed by atoms with Crippen LogP contribution in [0.2, 0.25) is 0 Å². The number of amides is 1. The number of carbonyl (C=O) groups is 1. The first-order valence-corrected chi connectivity index (χ1v) is 14.8. The molecule has 0 spiro atoms. The standard InChI is InChI=1S/C26H30N2O4S3/c1-4-32-25-8-6-5-7-24(25)28(35(30,31)23-15-13-21(33-3)14-16-23)19-26(29)27-17-18-34-22-11-9-20(2)10-12-22/h5-16H,4,17-19H2,1-3H3,(H,27,29). The van der Waals surface area contributed by atoms with E-state index in [9.17, 15) is 13.2 Å². The highest BCUT2D eigenvalue weighted by Gasteiger charge is 2.29. The van der Waals surface area contributed by atoms with Crippen molar-refractivity contribution in [2.24, 2.45) is 0 Å². The number of sulfonamides is 1. The summed E-state index contributed by atoms with van der Waals surface area (Å²) in [6, 6.07) is 21.7. The Balaban J connectivity index is 1.77. The predicted molar refractivity (Wildman–Crippen MR) is 145 cm³/mol. The number of hydrogen-bond acceptors (Lipinski definition) is 6. The van der Waals surface area contributed by atoms with Gasteiger partial charge >= 0.3 is 0 Å². The average Bonchev–Trinajstić information content (AvgIpc) is 2.87. The van der Waals surface area contributed by atoms with Crippen LogP contribution in [0.4, 0.5) is 5.69 Å². The van der Waals surface area contributed by atoms with E-state index in [1.165, 1.54) is 17.3 Å². The lowest BCUT2D eigenvalue weighted by Crippen LogP contribution is -2.41. The molecule has 0 radical (unpaired) electrons. The van der Waals surface area contributed by atoms with E-state index in [2.05, 4.69) is 5.32 Å². The number of ether oxygens (including phenoxy) is 1. The van der Waals surface area contributed by atoms with Gasteiger partial charge in [0.25, 0.3) is 10.0 Å². The lowest BCUT2D eigenvalue weighted by Gasteiger charge is -2.26. The number of thioether (sulfide) groups is 2. The van der Waals surface area contributed by atoms with Crippen LogP contribution in [-0.2, 0) is 14.8 Å². The first-order chi connectivity index (χ1) is 16.8. The minimum Gasteiger partial charge on any atom is -0.492 e. The summed E-state index contributed by atoms with van der Waals surface area (Å²) in [7, 11) is -4.01. The third-order valence-corrected chi connectivity index (χ3v) is 8.61. The molecule has 1 N–H and O–H groups in total. The molecule has 0 saturated carbocycles. The molecule has 0 aliphatic heterocycles. The molecule has 35 heavy (non-hydrogen) atoms. The van der Waals surface area contributed by atoms with E-state index in [1.807, 2.05) is 44.4 Å². The number of nitrogens with one attached hydrogen (secondary N) is 1. The smallest absolute Gasteiger partial charge is 0.264 e. The number of rotatable bonds is 12. The summed E-state index contributed by atoms with van der Waals surface area (Å²) in [6.07, 6.45) is 1.93. The fraction of sp³-hybridized carbons (Fsp3) is 0.269. The van der Waals surface area contributed by atoms with E-state index in [1.54, 1.807) is 60.3 Å². The minimum atomic E-state index is -4.01. The number of anilines is 1. The molecule has 3 aromatic carbocycles. The monoisotopic (exact) mass is 530 g/mol. The Morgan fingerprint density at radius 1 is 0.971 bits per heavy atom. The van der Waals surface area contributed by atoms with Crippen molar-refractivity contribution in [2.75, 3.05) is 36.0 Å². The van der Waals surface area contributed by atoms with Crippen molar-refractivity contribution >= 4 is 45.1 Å². The molecule has 186 valence electrons. The van der Waals surface area contributed by atoms with Crippen molar-refractivity contribution in [2.45, 2.75) is 28.5 Å². The Bertz CT molecular complexity index is 1210. The maximum absolute atomic E-state index is 13.6. The predicted octanol–water partition coefficient (Wildman–Crippen LogP) is 5.22. The van der Waals surface area contributed by atoms with Crippen molar-refractivity contribution < 1.29 is 17.9 Å². The summed E-state index contributed by atoms with van der Waals surface area (Å²) >= 11 is 3.16. The van der Waals surface area contributed by atoms with Crippen molar-refractivity contribution in [3.63, 3.8) is 0 Å². The second-order valence-corrected chi connectivity index (χ2v) is 11.5. The van der Waals surface area contributed by atoms with Crippen molar-refractivity contribution in [3.8, 4) is 5.75 Å². The van der Waals surface area contributed by atoms with Gasteiger partial charge in [0.05, 0.1) is 17.2 Å². The summed E-state index contributed by atoms with van der Waals surface area (Å²) in [4.78, 5) is 15.0. The van der Waals surface area contributed by atoms with Gasteiger partial charge in [0, 0.05) is 22.1 Å². The maximum Gasteiger partial charge on any atom is 0.264 e. The van der Waals surface area contributed by atoms with E-state index in [0.717, 1.165) is 14.1 Å². The van der Waals surface area contributed by atoms with E-state index in [4.69, 9.17) is 4.74 Å². The molecule has 6 nitrogen and oxygen atoms in total. The summed E-state index contributed by atoms with van der Waals surface area (Å²) < 4.78 is 34.1. The molecule has 0 unspecified atom stereocenters. The van der Waals surface area contributed by atoms with Gasteiger partial charge in [-0.3, -0.25) is 9.10 Å². The maximum atomic E-state index is 13.6. The van der Waals surface area contributed by atoms with Crippen LogP contribution in [0.25, 0.3) is 0 Å². The molecular formula is C26H30N2O4S3. The highest BCUT2D eigenvalue weighted by molar-refractivity contribution is 7.99. The zero-order valence-electron chi connectivity index (χ0n) is 20.1. The van der Waals surface area contributed by atoms with Crippen molar-refractivity contribution in [1.29, 1.82) is 0 Å². The lowest BCUT2D eigenvalue weighted by molar-refractivity contribution is -0.119. The normalized spacial score (nSPS) is 11.2. The third-order valence-electron chi connectivity index (χ3n) is 5.08. The molecule has 1 amide bonds. The Morgan fingerprint density at radius 2 is 1.63 bits per heavy atom. The van der Waals surface area contributed by atoms with Gasteiger partial charge in [0.2, 0.25) is 5.91 Å². The highest BCUT2D eigenvalue weighted by Crippen LogP contribution is 2.33. The Morgan fingerprint density at radius 3 is 2.29 bits per heavy atom. The van der Waals surface area contributed by atoms with Crippen LogP contribution in [0, 0.1) is 6.92 Å². The van der Waals surface area contributed by atoms with Gasteiger partial charge in [-0.05, 0) is 68.6 Å². The highest BCUT2D eigenvalue weighted by atomic mass is 32.2. The molecule has 0 heterocycles. The fourth-order valence-corrected chi connectivity index (χ4v) is 5.90. The van der Waals surface area contributed by atoms with Gasteiger partial charge in [-0.15, -0.1) is 23.5 Å². The molecule has 0 fully saturated rings. The summed E-state index contributed by atoms with van der Waals surface area (Å²) in [6.45, 7) is 4.30. The van der Waals surface area contributed by atoms with Crippen molar-refractivity contribution in [3.05, 3.63) is 78.4 Å². The zero-order chi connectivity index (χ0) is 25.3. The van der Waals surface area contributed by atoms with Gasteiger partial charge in [0.15, 0.2) is 0 Å². The number of nitrogens with zero attached hydrogens (tertiary/aromatic N) is 1. The average molecular weight is 531 g/mol. The number of benzene rings is 3. The minimum absolute atomic E-state index is 0.115. The fourth-order valence-electron chi connectivity index (χ4n) is 3.30. The summed E-state index contributed by atoms with van der Waals surface area (Å²) in [5, 5.41) is 2.85. The van der Waals surface area contributed by atoms with Gasteiger partial charge in [-0.1, -0.05) is 29.8 Å². The summed E-state index contributed by atoms with van der Waals surface area (Å²) in [5.41, 5.74) is 1.52. The lowest BCUT2D eigenvalue weighted by atomic mass is 10.2. The number of aryl methyl sites for hydroxylation is 1. The van der Waals surface area contributed by atoms with Crippen LogP contribution in [0.3, 0.4) is 0 Å². The molecule has 3 aromatic rings. The topological polar surface area (TPSA) is 75.7 Å². The van der Waals surface area contributed by atoms with Crippen LogP contribution in [-0.4, -0.2) is 46.0 Å². The van der Waals surface area contributed by atoms with Gasteiger partial charge in [-0.2, -0.15) is 0 Å². The summed E-state index contributed by atoms with van der Waals surface area (Å²) in [5.74, 6) is 0.694. The molecule has 0 aliphatic carbocycles. The van der Waals surface area contributed by atoms with E-state index >= 15 is 0 Å². The second-order valence-electron chi connectivity index (χ2n) is 7.60. The van der Waals surface area contributed by atoms with Gasteiger partial charge in [-0.25, -0.2) is 8.42 Å². The number of carbonyl (C=O) groups excluding carboxylic acids is 1. The molecule has 9 heteroatoms. The quantitative estimate of drug-likeness (QED) is 0.256. The SMILES string of the molecule is CCOc1ccccc1N(CC(=O)NCCSc1ccc(C)cc1)S(=O)(=O)c1ccc(SC)cc1. The van der Waals surface area contributed by atoms with Crippen LogP contribution in [0.15, 0.2) is 87.5 Å². The third kappa shape index (κ3) is 7.43. The molecule has 0 saturated heterocycles. The van der Waals surface area contributed by atoms with Crippen LogP contribution >= 0.6 is 23.5 Å². The van der Waals surface area contributed by atoms with Crippen LogP contribution in [0.1, 0.15) is 12.5 Å². The van der Waals surface area contributed by atoms with E-state index in [0.29, 0.717) is 30.3 Å². The Hall–Kier alpha value is -2.62. The van der Waals surface area contributed by atoms with Gasteiger partial charge < -0.3 is 10.1 Å². The van der Waals surface area contributed by atoms with Crippen LogP contribution < -0.4 is 14.4 Å². The largest absolute Gasteiger partial charge is 0.492 e. The second kappa shape index (κ2) is 12.9. The molecule has 3 rings (SSSR count). The first-order valence-electron chi connectivity index (χ1n) is 11.2. The number of hydrogen-bond donors (Lipinski definition) is 1. The Labute approximate surface area is 216 Å². The van der Waals surface area contributed by atoms with E-state index in [-0.39, 0.29) is 17.3 Å². The van der Waals surface area contributed by atoms with Gasteiger partial charge in [0.1, 0.15) is 12.3 Å². The molecule has 0 aliphatic rings. The Kier molecular flexibility index (Phi) is 9.94. The number of para-hydroxylation sites is 2. The van der Waals surface area contributed by atoms with E-state index < -0.39 is 10.0 Å². The van der Waals surface area contributed by atoms with Crippen LogP contribution in [0.5, 0.6) is 5.75 Å². The molecule has 0 aromatic heterocycles.